The predicted molar refractivity (Wildman–Crippen MR) is 122 cm³/mol. The molecule has 0 bridgehead atoms. The normalized spacial score (nSPS) is 15.5. The minimum Gasteiger partial charge on any atom is -0.466 e. The molecule has 1 aliphatic carbocycles. The fraction of sp³-hybridized carbons (Fsp3) is 0.200. The van der Waals surface area contributed by atoms with Crippen LogP contribution < -0.4 is 4.90 Å². The molecule has 4 rings (SSSR count). The van der Waals surface area contributed by atoms with E-state index in [4.69, 9.17) is 9.72 Å². The van der Waals surface area contributed by atoms with Crippen LogP contribution in [0.4, 0.5) is 5.82 Å². The number of benzene rings is 2. The Bertz CT molecular complexity index is 1040. The molecule has 30 heavy (non-hydrogen) atoms. The van der Waals surface area contributed by atoms with Gasteiger partial charge in [0, 0.05) is 23.2 Å². The molecule has 0 amide bonds. The van der Waals surface area contributed by atoms with Crippen LogP contribution in [0.3, 0.4) is 0 Å². The quantitative estimate of drug-likeness (QED) is 0.454. The van der Waals surface area contributed by atoms with Crippen molar-refractivity contribution in [1.82, 2.24) is 4.98 Å². The van der Waals surface area contributed by atoms with Crippen molar-refractivity contribution in [2.24, 2.45) is 5.92 Å². The van der Waals surface area contributed by atoms with E-state index in [1.165, 1.54) is 5.56 Å². The lowest BCUT2D eigenvalue weighted by atomic mass is 9.99. The Hall–Kier alpha value is -3.18. The molecule has 0 N–H and O–H groups in total. The number of ether oxygens (including phenoxy) is 1. The molecule has 0 fully saturated rings. The fourth-order valence-electron chi connectivity index (χ4n) is 3.41. The van der Waals surface area contributed by atoms with E-state index in [2.05, 4.69) is 40.6 Å². The largest absolute Gasteiger partial charge is 0.466 e. The second-order valence-electron chi connectivity index (χ2n) is 7.03. The highest BCUT2D eigenvalue weighted by molar-refractivity contribution is 7.13. The molecule has 0 radical (unpaired) electrons. The van der Waals surface area contributed by atoms with Gasteiger partial charge in [-0.3, -0.25) is 4.79 Å². The highest BCUT2D eigenvalue weighted by atomic mass is 32.1. The van der Waals surface area contributed by atoms with Crippen LogP contribution in [0.1, 0.15) is 18.9 Å². The Morgan fingerprint density at radius 1 is 1.13 bits per heavy atom. The van der Waals surface area contributed by atoms with E-state index >= 15 is 0 Å². The maximum atomic E-state index is 12.1. The number of aromatic nitrogens is 1. The average molecular weight is 417 g/mol. The molecule has 2 aromatic carbocycles. The zero-order chi connectivity index (χ0) is 20.8. The second kappa shape index (κ2) is 9.55. The minimum atomic E-state index is -0.220. The average Bonchev–Trinajstić information content (AvgIpc) is 3.29. The minimum absolute atomic E-state index is 0.168. The number of thiazole rings is 1. The van der Waals surface area contributed by atoms with Crippen LogP contribution in [0.2, 0.25) is 0 Å². The van der Waals surface area contributed by atoms with Gasteiger partial charge in [0.05, 0.1) is 12.5 Å². The monoisotopic (exact) mass is 416 g/mol. The maximum Gasteiger partial charge on any atom is 0.313 e. The van der Waals surface area contributed by atoms with Crippen molar-refractivity contribution in [2.75, 3.05) is 11.5 Å². The summed E-state index contributed by atoms with van der Waals surface area (Å²) in [6, 6.07) is 20.6. The molecule has 0 saturated carbocycles. The van der Waals surface area contributed by atoms with Gasteiger partial charge in [-0.1, -0.05) is 72.8 Å². The first-order chi connectivity index (χ1) is 14.7. The SMILES string of the molecule is CCOC(=O)C1C=CC(N(Cc2ccccc2)c2csc(-c3ccccc3)n2)=CC1. The van der Waals surface area contributed by atoms with Crippen LogP contribution in [0, 0.1) is 5.92 Å². The van der Waals surface area contributed by atoms with Crippen molar-refractivity contribution in [1.29, 1.82) is 0 Å². The Balaban J connectivity index is 1.61. The van der Waals surface area contributed by atoms with Gasteiger partial charge in [0.25, 0.3) is 0 Å². The number of allylic oxidation sites excluding steroid dienone is 2. The summed E-state index contributed by atoms with van der Waals surface area (Å²) in [6.07, 6.45) is 6.68. The van der Waals surface area contributed by atoms with Gasteiger partial charge >= 0.3 is 5.97 Å². The molecule has 1 heterocycles. The van der Waals surface area contributed by atoms with Crippen molar-refractivity contribution < 1.29 is 9.53 Å². The van der Waals surface area contributed by atoms with E-state index in [1.807, 2.05) is 55.5 Å². The summed E-state index contributed by atoms with van der Waals surface area (Å²) in [5, 5.41) is 3.09. The third kappa shape index (κ3) is 4.69. The van der Waals surface area contributed by atoms with E-state index in [1.54, 1.807) is 11.3 Å². The molecule has 1 atom stereocenters. The first-order valence-electron chi connectivity index (χ1n) is 10.1. The molecule has 0 spiro atoms. The van der Waals surface area contributed by atoms with Crippen LogP contribution >= 0.6 is 11.3 Å². The summed E-state index contributed by atoms with van der Waals surface area (Å²) < 4.78 is 5.17. The number of hydrogen-bond acceptors (Lipinski definition) is 5. The van der Waals surface area contributed by atoms with Crippen LogP contribution in [0.15, 0.2) is 90.0 Å². The number of hydrogen-bond donors (Lipinski definition) is 0. The van der Waals surface area contributed by atoms with E-state index in [0.717, 1.165) is 22.1 Å². The summed E-state index contributed by atoms with van der Waals surface area (Å²) in [6.45, 7) is 2.94. The molecule has 5 heteroatoms. The van der Waals surface area contributed by atoms with Crippen molar-refractivity contribution in [3.63, 3.8) is 0 Å². The van der Waals surface area contributed by atoms with Crippen LogP contribution in [-0.4, -0.2) is 17.6 Å². The lowest BCUT2D eigenvalue weighted by Crippen LogP contribution is -2.24. The Morgan fingerprint density at radius 3 is 2.53 bits per heavy atom. The van der Waals surface area contributed by atoms with Crippen molar-refractivity contribution in [2.45, 2.75) is 19.9 Å². The van der Waals surface area contributed by atoms with Crippen molar-refractivity contribution in [3.8, 4) is 10.6 Å². The van der Waals surface area contributed by atoms with Crippen LogP contribution in [0.25, 0.3) is 10.6 Å². The molecule has 0 saturated heterocycles. The molecule has 0 aliphatic heterocycles. The van der Waals surface area contributed by atoms with E-state index in [-0.39, 0.29) is 11.9 Å². The Labute approximate surface area is 181 Å². The molecule has 3 aromatic rings. The van der Waals surface area contributed by atoms with Gasteiger partial charge in [-0.15, -0.1) is 11.3 Å². The number of carbonyl (C=O) groups excluding carboxylic acids is 1. The number of nitrogens with zero attached hydrogens (tertiary/aromatic N) is 2. The lowest BCUT2D eigenvalue weighted by Gasteiger charge is -2.26. The number of carbonyl (C=O) groups is 1. The Morgan fingerprint density at radius 2 is 1.87 bits per heavy atom. The van der Waals surface area contributed by atoms with Crippen molar-refractivity contribution in [3.05, 3.63) is 95.5 Å². The first-order valence-corrected chi connectivity index (χ1v) is 11.0. The van der Waals surface area contributed by atoms with Gasteiger partial charge in [-0.05, 0) is 25.0 Å². The molecule has 1 unspecified atom stereocenters. The van der Waals surface area contributed by atoms with Gasteiger partial charge in [0.2, 0.25) is 0 Å². The maximum absolute atomic E-state index is 12.1. The highest BCUT2D eigenvalue weighted by Gasteiger charge is 2.22. The fourth-order valence-corrected chi connectivity index (χ4v) is 4.22. The summed E-state index contributed by atoms with van der Waals surface area (Å²) >= 11 is 1.64. The summed E-state index contributed by atoms with van der Waals surface area (Å²) in [7, 11) is 0. The second-order valence-corrected chi connectivity index (χ2v) is 7.89. The van der Waals surface area contributed by atoms with Gasteiger partial charge in [-0.25, -0.2) is 4.98 Å². The molecular formula is C25H24N2O2S. The zero-order valence-corrected chi connectivity index (χ0v) is 17.7. The van der Waals surface area contributed by atoms with E-state index < -0.39 is 0 Å². The van der Waals surface area contributed by atoms with Gasteiger partial charge in [0.1, 0.15) is 10.8 Å². The van der Waals surface area contributed by atoms with Crippen LogP contribution in [-0.2, 0) is 16.1 Å². The predicted octanol–water partition coefficient (Wildman–Crippen LogP) is 5.84. The lowest BCUT2D eigenvalue weighted by molar-refractivity contribution is -0.146. The summed E-state index contributed by atoms with van der Waals surface area (Å²) in [5.41, 5.74) is 3.36. The highest BCUT2D eigenvalue weighted by Crippen LogP contribution is 2.32. The summed E-state index contributed by atoms with van der Waals surface area (Å²) in [5.74, 6) is 0.523. The topological polar surface area (TPSA) is 42.4 Å². The zero-order valence-electron chi connectivity index (χ0n) is 16.9. The van der Waals surface area contributed by atoms with Crippen LogP contribution in [0.5, 0.6) is 0 Å². The molecule has 4 nitrogen and oxygen atoms in total. The van der Waals surface area contributed by atoms with Gasteiger partial charge in [-0.2, -0.15) is 0 Å². The first kappa shape index (κ1) is 20.1. The number of anilines is 1. The van der Waals surface area contributed by atoms with E-state index in [0.29, 0.717) is 19.6 Å². The third-order valence-corrected chi connectivity index (χ3v) is 5.83. The number of rotatable bonds is 7. The standard InChI is InChI=1S/C25H24N2O2S/c1-2-29-25(28)21-13-15-22(16-14-21)27(17-19-9-5-3-6-10-19)23-18-30-24(26-23)20-11-7-4-8-12-20/h3-13,15-16,18,21H,2,14,17H2,1H3. The number of esters is 1. The smallest absolute Gasteiger partial charge is 0.313 e. The summed E-state index contributed by atoms with van der Waals surface area (Å²) in [4.78, 5) is 19.2. The molecular weight excluding hydrogens is 392 g/mol. The van der Waals surface area contributed by atoms with E-state index in [9.17, 15) is 4.79 Å². The van der Waals surface area contributed by atoms with Gasteiger partial charge < -0.3 is 9.64 Å². The molecule has 1 aliphatic rings. The molecule has 152 valence electrons. The van der Waals surface area contributed by atoms with Gasteiger partial charge in [0.15, 0.2) is 0 Å². The van der Waals surface area contributed by atoms with Crippen molar-refractivity contribution >= 4 is 23.1 Å². The third-order valence-electron chi connectivity index (χ3n) is 4.95. The Kier molecular flexibility index (Phi) is 6.40. The molecule has 1 aromatic heterocycles.